The lowest BCUT2D eigenvalue weighted by atomic mass is 10.0. The number of nitrogens with one attached hydrogen (secondary N) is 1. The Morgan fingerprint density at radius 2 is 1.79 bits per heavy atom. The van der Waals surface area contributed by atoms with Crippen LogP contribution < -0.4 is 5.32 Å². The molecule has 1 N–H and O–H groups in total. The van der Waals surface area contributed by atoms with Crippen LogP contribution in [0.5, 0.6) is 0 Å². The maximum Gasteiger partial charge on any atom is 0.254 e. The molecular formula is C22H26N4O2. The lowest BCUT2D eigenvalue weighted by molar-refractivity contribution is -0.122. The summed E-state index contributed by atoms with van der Waals surface area (Å²) in [6.45, 7) is 3.23. The zero-order valence-electron chi connectivity index (χ0n) is 16.1. The minimum absolute atomic E-state index is 0.0857. The predicted octanol–water partition coefficient (Wildman–Crippen LogP) is 2.15. The van der Waals surface area contributed by atoms with Gasteiger partial charge in [-0.1, -0.05) is 18.2 Å². The van der Waals surface area contributed by atoms with Gasteiger partial charge >= 0.3 is 0 Å². The Morgan fingerprint density at radius 3 is 2.50 bits per heavy atom. The van der Waals surface area contributed by atoms with Crippen LogP contribution in [0.1, 0.15) is 47.7 Å². The molecule has 146 valence electrons. The highest BCUT2D eigenvalue weighted by Gasteiger charge is 2.30. The minimum Gasteiger partial charge on any atom is -0.352 e. The van der Waals surface area contributed by atoms with Crippen molar-refractivity contribution in [3.8, 4) is 0 Å². The van der Waals surface area contributed by atoms with E-state index in [1.807, 2.05) is 35.2 Å². The molecule has 0 atom stereocenters. The van der Waals surface area contributed by atoms with E-state index in [1.54, 1.807) is 0 Å². The van der Waals surface area contributed by atoms with Crippen LogP contribution in [0.3, 0.4) is 0 Å². The van der Waals surface area contributed by atoms with Gasteiger partial charge in [-0.05, 0) is 37.8 Å². The Hall–Kier alpha value is -2.47. The second-order valence-corrected chi connectivity index (χ2v) is 8.30. The number of piperazine rings is 1. The number of carbonyl (C=O) groups is 2. The topological polar surface area (TPSA) is 65.5 Å². The van der Waals surface area contributed by atoms with Crippen LogP contribution in [0.2, 0.25) is 0 Å². The minimum atomic E-state index is 0.0857. The normalized spacial score (nSPS) is 20.4. The summed E-state index contributed by atoms with van der Waals surface area (Å²) in [4.78, 5) is 34.1. The van der Waals surface area contributed by atoms with Gasteiger partial charge < -0.3 is 10.2 Å². The van der Waals surface area contributed by atoms with Crippen LogP contribution in [0.4, 0.5) is 0 Å². The van der Waals surface area contributed by atoms with Gasteiger partial charge in [-0.25, -0.2) is 0 Å². The summed E-state index contributed by atoms with van der Waals surface area (Å²) < 4.78 is 0. The smallest absolute Gasteiger partial charge is 0.254 e. The van der Waals surface area contributed by atoms with Gasteiger partial charge in [0.05, 0.1) is 17.6 Å². The molecule has 2 amide bonds. The second kappa shape index (κ2) is 7.17. The van der Waals surface area contributed by atoms with E-state index in [0.717, 1.165) is 48.1 Å². The number of benzene rings is 1. The molecule has 3 aliphatic rings. The van der Waals surface area contributed by atoms with Crippen LogP contribution in [-0.4, -0.2) is 65.4 Å². The molecule has 1 aliphatic heterocycles. The quantitative estimate of drug-likeness (QED) is 0.866. The van der Waals surface area contributed by atoms with Crippen molar-refractivity contribution in [3.05, 3.63) is 41.6 Å². The molecule has 0 radical (unpaired) electrons. The number of rotatable bonds is 5. The zero-order valence-corrected chi connectivity index (χ0v) is 16.1. The van der Waals surface area contributed by atoms with Crippen molar-refractivity contribution in [1.29, 1.82) is 0 Å². The summed E-state index contributed by atoms with van der Waals surface area (Å²) in [5.41, 5.74) is 2.73. The number of amides is 2. The fraction of sp³-hybridized carbons (Fsp3) is 0.500. The summed E-state index contributed by atoms with van der Waals surface area (Å²) in [6.07, 6.45) is 4.55. The van der Waals surface area contributed by atoms with Crippen molar-refractivity contribution in [2.75, 3.05) is 32.7 Å². The van der Waals surface area contributed by atoms with E-state index in [4.69, 9.17) is 4.98 Å². The third kappa shape index (κ3) is 3.74. The van der Waals surface area contributed by atoms with Gasteiger partial charge in [0.15, 0.2) is 0 Å². The van der Waals surface area contributed by atoms with E-state index < -0.39 is 0 Å². The first-order valence-corrected chi connectivity index (χ1v) is 10.4. The molecule has 2 heterocycles. The van der Waals surface area contributed by atoms with Crippen molar-refractivity contribution in [3.63, 3.8) is 0 Å². The summed E-state index contributed by atoms with van der Waals surface area (Å²) in [7, 11) is 0. The average Bonchev–Trinajstić information content (AvgIpc) is 3.61. The van der Waals surface area contributed by atoms with Crippen LogP contribution in [0.25, 0.3) is 10.9 Å². The number of pyridine rings is 1. The number of aromatic nitrogens is 1. The summed E-state index contributed by atoms with van der Waals surface area (Å²) in [5.74, 6) is 0.706. The molecule has 2 aliphatic carbocycles. The third-order valence-electron chi connectivity index (χ3n) is 5.93. The predicted molar refractivity (Wildman–Crippen MR) is 107 cm³/mol. The van der Waals surface area contributed by atoms with Gasteiger partial charge in [-0.3, -0.25) is 19.5 Å². The number of hydrogen-bond acceptors (Lipinski definition) is 4. The highest BCUT2D eigenvalue weighted by atomic mass is 16.2. The average molecular weight is 378 g/mol. The Balaban J connectivity index is 1.28. The maximum absolute atomic E-state index is 13.3. The molecule has 6 heteroatoms. The molecule has 1 aromatic carbocycles. The van der Waals surface area contributed by atoms with Crippen molar-refractivity contribution in [2.24, 2.45) is 0 Å². The maximum atomic E-state index is 13.3. The van der Waals surface area contributed by atoms with Gasteiger partial charge in [-0.2, -0.15) is 0 Å². The van der Waals surface area contributed by atoms with E-state index in [-0.39, 0.29) is 11.8 Å². The highest BCUT2D eigenvalue weighted by molar-refractivity contribution is 6.06. The molecule has 1 aromatic heterocycles. The first-order chi connectivity index (χ1) is 13.7. The molecule has 28 heavy (non-hydrogen) atoms. The lowest BCUT2D eigenvalue weighted by Crippen LogP contribution is -2.51. The zero-order chi connectivity index (χ0) is 19.1. The van der Waals surface area contributed by atoms with E-state index >= 15 is 0 Å². The summed E-state index contributed by atoms with van der Waals surface area (Å²) >= 11 is 0. The standard InChI is InChI=1S/C22H26N4O2/c27-21(23-16-7-8-16)14-25-9-11-26(12-10-25)22(28)18-13-20(15-5-6-15)24-19-4-2-1-3-17(18)19/h1-4,13,15-16H,5-12,14H2,(H,23,27). The van der Waals surface area contributed by atoms with Crippen molar-refractivity contribution in [2.45, 2.75) is 37.6 Å². The summed E-state index contributed by atoms with van der Waals surface area (Å²) in [5, 5.41) is 3.97. The highest BCUT2D eigenvalue weighted by Crippen LogP contribution is 2.40. The van der Waals surface area contributed by atoms with E-state index in [0.29, 0.717) is 31.6 Å². The largest absolute Gasteiger partial charge is 0.352 e. The number of hydrogen-bond donors (Lipinski definition) is 1. The van der Waals surface area contributed by atoms with Gasteiger partial charge in [0.1, 0.15) is 0 Å². The number of para-hydroxylation sites is 1. The molecule has 0 bridgehead atoms. The van der Waals surface area contributed by atoms with Crippen molar-refractivity contribution < 1.29 is 9.59 Å². The monoisotopic (exact) mass is 378 g/mol. The molecule has 0 spiro atoms. The fourth-order valence-corrected chi connectivity index (χ4v) is 3.94. The van der Waals surface area contributed by atoms with Crippen molar-refractivity contribution >= 4 is 22.7 Å². The Labute approximate surface area is 164 Å². The number of fused-ring (bicyclic) bond motifs is 1. The van der Waals surface area contributed by atoms with Crippen LogP contribution >= 0.6 is 0 Å². The van der Waals surface area contributed by atoms with Crippen LogP contribution in [0, 0.1) is 0 Å². The van der Waals surface area contributed by atoms with E-state index in [2.05, 4.69) is 10.2 Å². The van der Waals surface area contributed by atoms with Gasteiger partial charge in [0, 0.05) is 49.2 Å². The molecule has 3 fully saturated rings. The van der Waals surface area contributed by atoms with Crippen LogP contribution in [0.15, 0.2) is 30.3 Å². The number of carbonyl (C=O) groups excluding carboxylic acids is 2. The summed E-state index contributed by atoms with van der Waals surface area (Å²) in [6, 6.07) is 10.3. The second-order valence-electron chi connectivity index (χ2n) is 8.30. The number of nitrogens with zero attached hydrogens (tertiary/aromatic N) is 3. The molecule has 2 aromatic rings. The van der Waals surface area contributed by atoms with Gasteiger partial charge in [0.25, 0.3) is 5.91 Å². The fourth-order valence-electron chi connectivity index (χ4n) is 3.94. The molecular weight excluding hydrogens is 352 g/mol. The molecule has 0 unspecified atom stereocenters. The van der Waals surface area contributed by atoms with Gasteiger partial charge in [0.2, 0.25) is 5.91 Å². The SMILES string of the molecule is O=C(CN1CCN(C(=O)c2cc(C3CC3)nc3ccccc23)CC1)NC1CC1. The van der Waals surface area contributed by atoms with E-state index in [9.17, 15) is 9.59 Å². The Morgan fingerprint density at radius 1 is 1.04 bits per heavy atom. The first kappa shape index (κ1) is 17.6. The molecule has 2 saturated carbocycles. The molecule has 6 nitrogen and oxygen atoms in total. The molecule has 1 saturated heterocycles. The van der Waals surface area contributed by atoms with Crippen molar-refractivity contribution in [1.82, 2.24) is 20.1 Å². The Kier molecular flexibility index (Phi) is 4.51. The third-order valence-corrected chi connectivity index (χ3v) is 5.93. The molecule has 5 rings (SSSR count). The Bertz CT molecular complexity index is 912. The van der Waals surface area contributed by atoms with E-state index in [1.165, 1.54) is 12.8 Å². The first-order valence-electron chi connectivity index (χ1n) is 10.4. The lowest BCUT2D eigenvalue weighted by Gasteiger charge is -2.34. The van der Waals surface area contributed by atoms with Crippen LogP contribution in [-0.2, 0) is 4.79 Å². The van der Waals surface area contributed by atoms with Gasteiger partial charge in [-0.15, -0.1) is 0 Å².